The second kappa shape index (κ2) is 11.1. The molecule has 0 aromatic carbocycles. The van der Waals surface area contributed by atoms with Crippen molar-refractivity contribution in [1.29, 1.82) is 0 Å². The molecular weight excluding hydrogens is 667 g/mol. The predicted octanol–water partition coefficient (Wildman–Crippen LogP) is -0.726. The van der Waals surface area contributed by atoms with Gasteiger partial charge >= 0.3 is 0 Å². The highest BCUT2D eigenvalue weighted by molar-refractivity contribution is 8.06. The lowest BCUT2D eigenvalue weighted by molar-refractivity contribution is -0.217. The van der Waals surface area contributed by atoms with E-state index in [9.17, 15) is 14.3 Å². The number of hydrogen-bond acceptors (Lipinski definition) is 17. The molecule has 0 amide bonds. The Morgan fingerprint density at radius 1 is 0.956 bits per heavy atom. The number of imidazole rings is 2. The van der Waals surface area contributed by atoms with Gasteiger partial charge in [-0.05, 0) is 0 Å². The molecule has 2 radical (unpaired) electrons. The Kier molecular flexibility index (Phi) is 7.55. The first kappa shape index (κ1) is 30.7. The summed E-state index contributed by atoms with van der Waals surface area (Å²) in [5.74, 6) is -0.253. The molecule has 45 heavy (non-hydrogen) atoms. The molecule has 7 rings (SSSR count). The summed E-state index contributed by atoms with van der Waals surface area (Å²) < 4.78 is 80.3. The van der Waals surface area contributed by atoms with E-state index in [1.54, 1.807) is 0 Å². The number of hydrogen-bond donors (Lipinski definition) is 3. The minimum absolute atomic E-state index is 0.0266. The van der Waals surface area contributed by atoms with Crippen molar-refractivity contribution in [3.63, 3.8) is 0 Å². The maximum absolute atomic E-state index is 16.0. The smallest absolute Gasteiger partial charge is 0.280 e. The lowest BCUT2D eigenvalue weighted by atomic mass is 10.1. The van der Waals surface area contributed by atoms with Gasteiger partial charge in [-0.2, -0.15) is 4.98 Å². The minimum atomic E-state index is -4.63. The summed E-state index contributed by atoms with van der Waals surface area (Å²) in [6, 6.07) is 0. The van der Waals surface area contributed by atoms with E-state index in [1.165, 1.54) is 10.9 Å². The van der Waals surface area contributed by atoms with Gasteiger partial charge in [0.15, 0.2) is 47.4 Å². The van der Waals surface area contributed by atoms with E-state index in [0.717, 1.165) is 17.2 Å². The molecule has 25 heteroatoms. The highest BCUT2D eigenvalue weighted by Gasteiger charge is 2.53. The molecule has 4 aromatic rings. The van der Waals surface area contributed by atoms with Crippen molar-refractivity contribution < 1.29 is 45.8 Å². The van der Waals surface area contributed by atoms with Crippen molar-refractivity contribution in [1.82, 2.24) is 39.0 Å². The fourth-order valence-electron chi connectivity index (χ4n) is 5.26. The van der Waals surface area contributed by atoms with Gasteiger partial charge in [0, 0.05) is 0 Å². The summed E-state index contributed by atoms with van der Waals surface area (Å²) in [6.07, 6.45) is -10.3. The molecule has 238 valence electrons. The molecule has 3 aliphatic heterocycles. The highest BCUT2D eigenvalue weighted by Crippen LogP contribution is 2.53. The van der Waals surface area contributed by atoms with E-state index >= 15 is 8.78 Å². The topological polar surface area (TPSA) is 255 Å². The molecule has 10 atom stereocenters. The predicted molar refractivity (Wildman–Crippen MR) is 149 cm³/mol. The van der Waals surface area contributed by atoms with Gasteiger partial charge in [0.05, 0.1) is 25.9 Å². The van der Waals surface area contributed by atoms with Crippen LogP contribution in [0, 0.1) is 0 Å². The van der Waals surface area contributed by atoms with Crippen LogP contribution in [0.2, 0.25) is 0 Å². The first-order valence-corrected chi connectivity index (χ1v) is 17.1. The van der Waals surface area contributed by atoms with Gasteiger partial charge in [0.1, 0.15) is 43.0 Å². The monoisotopic (exact) mass is 687 g/mol. The number of halogens is 2. The van der Waals surface area contributed by atoms with Crippen LogP contribution in [-0.4, -0.2) is 96.6 Å². The number of nitrogens with two attached hydrogens (primary N) is 2. The maximum Gasteiger partial charge on any atom is 0.280 e. The van der Waals surface area contributed by atoms with E-state index < -0.39 is 82.2 Å². The van der Waals surface area contributed by atoms with Crippen LogP contribution in [0.15, 0.2) is 23.8 Å². The molecule has 0 aliphatic carbocycles. The first-order valence-electron chi connectivity index (χ1n) is 12.9. The van der Waals surface area contributed by atoms with Gasteiger partial charge in [0.2, 0.25) is 13.5 Å². The summed E-state index contributed by atoms with van der Waals surface area (Å²) in [5, 5.41) is 0. The van der Waals surface area contributed by atoms with Gasteiger partial charge in [-0.15, -0.1) is 0 Å². The Morgan fingerprint density at radius 3 is 2.24 bits per heavy atom. The van der Waals surface area contributed by atoms with Crippen LogP contribution in [0.1, 0.15) is 12.5 Å². The van der Waals surface area contributed by atoms with Crippen LogP contribution < -0.4 is 21.9 Å². The Morgan fingerprint density at radius 2 is 1.56 bits per heavy atom. The van der Waals surface area contributed by atoms with Crippen LogP contribution in [0.25, 0.3) is 22.3 Å². The van der Waals surface area contributed by atoms with Gasteiger partial charge in [-0.3, -0.25) is 23.5 Å². The first-order chi connectivity index (χ1) is 21.3. The van der Waals surface area contributed by atoms with Crippen molar-refractivity contribution in [2.24, 2.45) is 0 Å². The summed E-state index contributed by atoms with van der Waals surface area (Å²) in [4.78, 5) is 47.6. The zero-order valence-electron chi connectivity index (χ0n) is 22.4. The molecule has 3 fully saturated rings. The molecule has 7 heterocycles. The molecule has 0 saturated carbocycles. The zero-order valence-corrected chi connectivity index (χ0v) is 25.0. The van der Waals surface area contributed by atoms with E-state index in [1.807, 2.05) is 0 Å². The Balaban J connectivity index is 1.17. The van der Waals surface area contributed by atoms with Crippen LogP contribution in [-0.2, 0) is 43.9 Å². The lowest BCUT2D eigenvalue weighted by Gasteiger charge is -2.35. The van der Waals surface area contributed by atoms with Crippen molar-refractivity contribution in [2.45, 2.75) is 49.2 Å². The Hall–Kier alpha value is -2.98. The van der Waals surface area contributed by atoms with Crippen LogP contribution in [0.4, 0.5) is 20.5 Å². The average Bonchev–Trinajstić information content (AvgIpc) is 3.72. The summed E-state index contributed by atoms with van der Waals surface area (Å²) in [6.45, 7) is -6.06. The van der Waals surface area contributed by atoms with E-state index in [2.05, 4.69) is 29.9 Å². The van der Waals surface area contributed by atoms with Crippen LogP contribution in [0.5, 0.6) is 0 Å². The number of aromatic nitrogens is 8. The van der Waals surface area contributed by atoms with Crippen LogP contribution in [0.3, 0.4) is 0 Å². The number of aromatic amines is 1. The lowest BCUT2D eigenvalue weighted by Crippen LogP contribution is -2.38. The summed E-state index contributed by atoms with van der Waals surface area (Å²) in [5.41, 5.74) is 10.7. The minimum Gasteiger partial charge on any atom is -0.780 e. The third-order valence-electron chi connectivity index (χ3n) is 7.25. The largest absolute Gasteiger partial charge is 0.780 e. The molecule has 4 unspecified atom stereocenters. The van der Waals surface area contributed by atoms with Crippen molar-refractivity contribution in [2.75, 3.05) is 24.7 Å². The maximum atomic E-state index is 16.0. The Labute approximate surface area is 255 Å². The van der Waals surface area contributed by atoms with E-state index in [4.69, 9.17) is 58.4 Å². The fourth-order valence-corrected chi connectivity index (χ4v) is 7.69. The normalized spacial score (nSPS) is 37.7. The molecule has 3 aliphatic rings. The number of nitrogens with zero attached hydrogens (tertiary/aromatic N) is 7. The summed E-state index contributed by atoms with van der Waals surface area (Å²) >= 11 is 5.01. The third kappa shape index (κ3) is 5.45. The average molecular weight is 687 g/mol. The van der Waals surface area contributed by atoms with Crippen molar-refractivity contribution >= 4 is 67.7 Å². The number of nitrogen functional groups attached to an aromatic ring is 2. The number of H-pyrrole nitrogens is 1. The number of alkyl halides is 2. The number of nitrogens with one attached hydrogen (secondary N) is 1. The van der Waals surface area contributed by atoms with Gasteiger partial charge in [-0.25, -0.2) is 28.7 Å². The Bertz CT molecular complexity index is 1950. The molecule has 0 bridgehead atoms. The summed E-state index contributed by atoms with van der Waals surface area (Å²) in [7, 11) is 1.18. The number of anilines is 2. The second-order valence-corrected chi connectivity index (χ2v) is 14.3. The SMILES string of the molecule is [B]P1(=O)OC[C@H]2O[C@@H](n3cnc4c(=O)[nH]c(N)nc43)[C@@H](F)C2OP([O-])(=S)OC[C@H]2O[C@@H](n3cnc4c(N)ncnc43)[C@@H](F)C2O1. The van der Waals surface area contributed by atoms with Gasteiger partial charge < -0.3 is 43.9 Å². The molecule has 0 spiro atoms. The second-order valence-electron chi connectivity index (χ2n) is 10.1. The molecule has 19 nitrogen and oxygen atoms in total. The number of fused-ring (bicyclic) bond motifs is 4. The molecule has 4 aromatic heterocycles. The van der Waals surface area contributed by atoms with E-state index in [-0.39, 0.29) is 34.1 Å². The van der Waals surface area contributed by atoms with Gasteiger partial charge in [-0.1, -0.05) is 11.8 Å². The van der Waals surface area contributed by atoms with Crippen LogP contribution >= 0.6 is 14.2 Å². The van der Waals surface area contributed by atoms with Crippen molar-refractivity contribution in [3.8, 4) is 0 Å². The molecule has 3 saturated heterocycles. The number of ether oxygens (including phenoxy) is 2. The standard InChI is InChI=1S/C20H21BF2N10O9P2S/c21-43(35)37-1-6-13(9(23)19(39-6)33-5-29-11-16(33)30-20(25)31-17(11)34)42-44(36,45)38-2-7-12(41-43)8(22)18(40-7)32-4-28-10-14(24)26-3-27-15(10)32/h3-9,12-13,18-19H,1-2H2,(H,36,45)(H2,24,26,27)(H3,25,30,31,34)/p-1/t6-,7-,8+,9+,12?,13?,18-,19-,43?,44?/m1/s1. The molecular formula is C20H20BF2N10O9P2S-. The third-order valence-corrected chi connectivity index (χ3v) is 9.84. The zero-order chi connectivity index (χ0) is 31.8. The van der Waals surface area contributed by atoms with E-state index in [0.29, 0.717) is 0 Å². The van der Waals surface area contributed by atoms with Gasteiger partial charge in [0.25, 0.3) is 13.0 Å². The fraction of sp³-hybridized carbons (Fsp3) is 0.500. The quantitative estimate of drug-likeness (QED) is 0.173. The van der Waals surface area contributed by atoms with Crippen molar-refractivity contribution in [3.05, 3.63) is 29.3 Å². The number of rotatable bonds is 2. The molecule has 5 N–H and O–H groups in total. The highest BCUT2D eigenvalue weighted by atomic mass is 32.5.